The van der Waals surface area contributed by atoms with Crippen LogP contribution in [0, 0.1) is 6.92 Å². The minimum atomic E-state index is -0.588. The van der Waals surface area contributed by atoms with Gasteiger partial charge in [-0.05, 0) is 19.1 Å². The first-order valence-electron chi connectivity index (χ1n) is 4.69. The van der Waals surface area contributed by atoms with E-state index in [9.17, 15) is 9.90 Å². The Labute approximate surface area is 92.5 Å². The molecule has 80 valence electrons. The molecular formula is C10H11ClN2O2. The number of amides is 1. The van der Waals surface area contributed by atoms with Gasteiger partial charge >= 0.3 is 0 Å². The second kappa shape index (κ2) is 3.79. The second-order valence-corrected chi connectivity index (χ2v) is 4.01. The van der Waals surface area contributed by atoms with Gasteiger partial charge in [0, 0.05) is 0 Å². The van der Waals surface area contributed by atoms with E-state index in [-0.39, 0.29) is 12.3 Å². The molecule has 1 atom stereocenters. The summed E-state index contributed by atoms with van der Waals surface area (Å²) in [5.41, 5.74) is 0.684. The largest absolute Gasteiger partial charge is 0.391 e. The van der Waals surface area contributed by atoms with Crippen LogP contribution in [0.25, 0.3) is 0 Å². The van der Waals surface area contributed by atoms with Gasteiger partial charge in [0.1, 0.15) is 5.82 Å². The molecule has 1 unspecified atom stereocenters. The molecule has 1 fully saturated rings. The number of aliphatic hydroxyl groups is 1. The first-order valence-corrected chi connectivity index (χ1v) is 5.07. The van der Waals surface area contributed by atoms with E-state index in [2.05, 4.69) is 4.98 Å². The van der Waals surface area contributed by atoms with Crippen LogP contribution < -0.4 is 4.90 Å². The van der Waals surface area contributed by atoms with Crippen LogP contribution >= 0.6 is 11.6 Å². The van der Waals surface area contributed by atoms with Gasteiger partial charge in [0.2, 0.25) is 5.91 Å². The van der Waals surface area contributed by atoms with E-state index >= 15 is 0 Å². The van der Waals surface area contributed by atoms with E-state index in [0.29, 0.717) is 23.1 Å². The number of β-amino-alcohol motifs (C(OH)–C–C–N with tert-alkyl or cyclic N) is 1. The maximum absolute atomic E-state index is 11.5. The Hall–Kier alpha value is -1.13. The Morgan fingerprint density at radius 2 is 2.33 bits per heavy atom. The van der Waals surface area contributed by atoms with Crippen molar-refractivity contribution in [1.29, 1.82) is 0 Å². The highest BCUT2D eigenvalue weighted by Gasteiger charge is 2.29. The van der Waals surface area contributed by atoms with Crippen LogP contribution in [0.15, 0.2) is 12.1 Å². The average molecular weight is 227 g/mol. The van der Waals surface area contributed by atoms with Crippen LogP contribution in [-0.4, -0.2) is 28.6 Å². The van der Waals surface area contributed by atoms with Crippen molar-refractivity contribution in [2.24, 2.45) is 0 Å². The first-order chi connectivity index (χ1) is 7.08. The highest BCUT2D eigenvalue weighted by atomic mass is 35.5. The molecule has 15 heavy (non-hydrogen) atoms. The van der Waals surface area contributed by atoms with E-state index in [1.54, 1.807) is 19.1 Å². The molecule has 1 aromatic heterocycles. The Morgan fingerprint density at radius 1 is 1.60 bits per heavy atom. The average Bonchev–Trinajstić information content (AvgIpc) is 2.50. The maximum Gasteiger partial charge on any atom is 0.230 e. The molecule has 1 amide bonds. The molecule has 0 radical (unpaired) electrons. The fourth-order valence-corrected chi connectivity index (χ4v) is 1.70. The molecule has 0 spiro atoms. The molecule has 1 aliphatic heterocycles. The summed E-state index contributed by atoms with van der Waals surface area (Å²) in [5, 5.41) is 9.91. The number of rotatable bonds is 1. The lowest BCUT2D eigenvalue weighted by Gasteiger charge is -2.15. The molecule has 1 aromatic rings. The van der Waals surface area contributed by atoms with Crippen molar-refractivity contribution in [3.63, 3.8) is 0 Å². The van der Waals surface area contributed by atoms with Gasteiger partial charge in [-0.2, -0.15) is 0 Å². The zero-order chi connectivity index (χ0) is 11.0. The Bertz CT molecular complexity index is 408. The maximum atomic E-state index is 11.5. The minimum Gasteiger partial charge on any atom is -0.391 e. The summed E-state index contributed by atoms with van der Waals surface area (Å²) in [4.78, 5) is 17.2. The van der Waals surface area contributed by atoms with E-state index in [0.717, 1.165) is 0 Å². The zero-order valence-electron chi connectivity index (χ0n) is 8.27. The predicted octanol–water partition coefficient (Wildman–Crippen LogP) is 1.14. The van der Waals surface area contributed by atoms with Gasteiger partial charge in [-0.3, -0.25) is 9.69 Å². The standard InChI is InChI=1S/C10H11ClN2O2/c1-6-8(11)2-3-9(12-6)13-5-7(14)4-10(13)15/h2-3,7,14H,4-5H2,1H3. The number of pyridine rings is 1. The van der Waals surface area contributed by atoms with Crippen molar-refractivity contribution in [3.8, 4) is 0 Å². The number of carbonyl (C=O) groups is 1. The lowest BCUT2D eigenvalue weighted by atomic mass is 10.3. The number of halogens is 1. The van der Waals surface area contributed by atoms with Gasteiger partial charge in [0.15, 0.2) is 0 Å². The van der Waals surface area contributed by atoms with Crippen LogP contribution in [0.2, 0.25) is 5.02 Å². The summed E-state index contributed by atoms with van der Waals surface area (Å²) in [6, 6.07) is 3.39. The number of aromatic nitrogens is 1. The molecule has 0 aliphatic carbocycles. The SMILES string of the molecule is Cc1nc(N2CC(O)CC2=O)ccc1Cl. The number of aliphatic hydroxyl groups excluding tert-OH is 1. The predicted molar refractivity (Wildman–Crippen MR) is 57.0 cm³/mol. The highest BCUT2D eigenvalue weighted by Crippen LogP contribution is 2.22. The fourth-order valence-electron chi connectivity index (χ4n) is 1.59. The zero-order valence-corrected chi connectivity index (χ0v) is 9.03. The van der Waals surface area contributed by atoms with Crippen molar-refractivity contribution in [2.45, 2.75) is 19.4 Å². The third-order valence-corrected chi connectivity index (χ3v) is 2.79. The van der Waals surface area contributed by atoms with Crippen molar-refractivity contribution >= 4 is 23.3 Å². The topological polar surface area (TPSA) is 53.4 Å². The molecule has 2 rings (SSSR count). The van der Waals surface area contributed by atoms with Gasteiger partial charge < -0.3 is 5.11 Å². The Kier molecular flexibility index (Phi) is 2.63. The van der Waals surface area contributed by atoms with Crippen LogP contribution in [0.5, 0.6) is 0 Å². The number of aryl methyl sites for hydroxylation is 1. The molecule has 2 heterocycles. The second-order valence-electron chi connectivity index (χ2n) is 3.60. The molecular weight excluding hydrogens is 216 g/mol. The Morgan fingerprint density at radius 3 is 2.87 bits per heavy atom. The smallest absolute Gasteiger partial charge is 0.230 e. The summed E-state index contributed by atoms with van der Waals surface area (Å²) < 4.78 is 0. The molecule has 0 bridgehead atoms. The molecule has 1 aliphatic rings. The fraction of sp³-hybridized carbons (Fsp3) is 0.400. The van der Waals surface area contributed by atoms with Crippen LogP contribution in [-0.2, 0) is 4.79 Å². The third-order valence-electron chi connectivity index (χ3n) is 2.39. The van der Waals surface area contributed by atoms with Gasteiger partial charge in [-0.15, -0.1) is 0 Å². The summed E-state index contributed by atoms with van der Waals surface area (Å²) in [7, 11) is 0. The number of anilines is 1. The molecule has 4 nitrogen and oxygen atoms in total. The minimum absolute atomic E-state index is 0.100. The Balaban J connectivity index is 2.30. The highest BCUT2D eigenvalue weighted by molar-refractivity contribution is 6.31. The summed E-state index contributed by atoms with van der Waals surface area (Å²) in [6.45, 7) is 2.09. The summed E-state index contributed by atoms with van der Waals surface area (Å²) in [6.07, 6.45) is -0.418. The molecule has 5 heteroatoms. The lowest BCUT2D eigenvalue weighted by molar-refractivity contribution is -0.117. The summed E-state index contributed by atoms with van der Waals surface area (Å²) >= 11 is 5.84. The van der Waals surface area contributed by atoms with Gasteiger partial charge in [-0.1, -0.05) is 11.6 Å². The number of nitrogens with zero attached hydrogens (tertiary/aromatic N) is 2. The van der Waals surface area contributed by atoms with Gasteiger partial charge in [-0.25, -0.2) is 4.98 Å². The number of carbonyl (C=O) groups excluding carboxylic acids is 1. The van der Waals surface area contributed by atoms with Crippen LogP contribution in [0.1, 0.15) is 12.1 Å². The lowest BCUT2D eigenvalue weighted by Crippen LogP contribution is -2.26. The molecule has 1 N–H and O–H groups in total. The van der Waals surface area contributed by atoms with Crippen LogP contribution in [0.3, 0.4) is 0 Å². The van der Waals surface area contributed by atoms with Crippen molar-refractivity contribution < 1.29 is 9.90 Å². The van der Waals surface area contributed by atoms with Crippen molar-refractivity contribution in [3.05, 3.63) is 22.8 Å². The molecule has 0 aromatic carbocycles. The molecule has 1 saturated heterocycles. The van der Waals surface area contributed by atoms with Crippen molar-refractivity contribution in [1.82, 2.24) is 4.98 Å². The number of hydrogen-bond donors (Lipinski definition) is 1. The van der Waals surface area contributed by atoms with E-state index < -0.39 is 6.10 Å². The summed E-state index contributed by atoms with van der Waals surface area (Å²) in [5.74, 6) is 0.454. The van der Waals surface area contributed by atoms with E-state index in [4.69, 9.17) is 11.6 Å². The normalized spacial score (nSPS) is 21.1. The monoisotopic (exact) mass is 226 g/mol. The van der Waals surface area contributed by atoms with Gasteiger partial charge in [0.25, 0.3) is 0 Å². The third kappa shape index (κ3) is 1.96. The first kappa shape index (κ1) is 10.4. The quantitative estimate of drug-likeness (QED) is 0.782. The van der Waals surface area contributed by atoms with Gasteiger partial charge in [0.05, 0.1) is 29.8 Å². The van der Waals surface area contributed by atoms with E-state index in [1.807, 2.05) is 0 Å². The number of hydrogen-bond acceptors (Lipinski definition) is 3. The van der Waals surface area contributed by atoms with E-state index in [1.165, 1.54) is 4.90 Å². The van der Waals surface area contributed by atoms with Crippen molar-refractivity contribution in [2.75, 3.05) is 11.4 Å². The van der Waals surface area contributed by atoms with Crippen LogP contribution in [0.4, 0.5) is 5.82 Å². The molecule has 0 saturated carbocycles.